The number of carbonyl (C=O) groups excluding carboxylic acids is 1. The number of benzene rings is 2. The minimum Gasteiger partial charge on any atom is -0.330 e. The lowest BCUT2D eigenvalue weighted by atomic mass is 10.3. The lowest BCUT2D eigenvalue weighted by molar-refractivity contribution is -0.116. The van der Waals surface area contributed by atoms with Crippen LogP contribution in [0.25, 0.3) is 11.0 Å². The Kier molecular flexibility index (Phi) is 4.94. The van der Waals surface area contributed by atoms with Gasteiger partial charge in [0.05, 0.1) is 17.4 Å². The van der Waals surface area contributed by atoms with Crippen molar-refractivity contribution >= 4 is 45.7 Å². The van der Waals surface area contributed by atoms with Crippen molar-refractivity contribution in [3.05, 3.63) is 60.4 Å². The molecular weight excluding hydrogens is 366 g/mol. The van der Waals surface area contributed by atoms with E-state index in [-0.39, 0.29) is 5.91 Å². The van der Waals surface area contributed by atoms with Gasteiger partial charge in [0, 0.05) is 23.5 Å². The smallest absolute Gasteiger partial charge is 0.226 e. The Balaban J connectivity index is 1.33. The van der Waals surface area contributed by atoms with Gasteiger partial charge in [0.2, 0.25) is 5.91 Å². The van der Waals surface area contributed by atoms with E-state index in [2.05, 4.69) is 20.5 Å². The summed E-state index contributed by atoms with van der Waals surface area (Å²) in [4.78, 5) is 17.6. The molecule has 0 spiro atoms. The van der Waals surface area contributed by atoms with Crippen LogP contribution in [-0.4, -0.2) is 25.7 Å². The molecule has 4 aromatic rings. The molecule has 2 aromatic carbocycles. The summed E-state index contributed by atoms with van der Waals surface area (Å²) in [7, 11) is 0. The third kappa shape index (κ3) is 3.92. The Bertz CT molecular complexity index is 1010. The van der Waals surface area contributed by atoms with Crippen LogP contribution >= 0.6 is 23.1 Å². The van der Waals surface area contributed by atoms with Gasteiger partial charge < -0.3 is 9.88 Å². The molecule has 1 amide bonds. The molecule has 2 heterocycles. The standard InChI is InChI=1S/C18H15N5OS2/c24-17(9-10-23-11-19-15-3-1-2-4-16(15)23)21-13-5-7-14(8-6-13)26-18-22-20-12-25-18/h1-8,11-12H,9-10H2,(H,21,24). The van der Waals surface area contributed by atoms with Crippen molar-refractivity contribution in [1.82, 2.24) is 19.7 Å². The highest BCUT2D eigenvalue weighted by atomic mass is 32.2. The van der Waals surface area contributed by atoms with Crippen LogP contribution in [0, 0.1) is 0 Å². The van der Waals surface area contributed by atoms with Crippen LogP contribution in [0.5, 0.6) is 0 Å². The van der Waals surface area contributed by atoms with Crippen LogP contribution in [0.4, 0.5) is 5.69 Å². The highest BCUT2D eigenvalue weighted by Gasteiger charge is 2.07. The SMILES string of the molecule is O=C(CCn1cnc2ccccc21)Nc1ccc(Sc2nncs2)cc1. The summed E-state index contributed by atoms with van der Waals surface area (Å²) in [6.07, 6.45) is 2.17. The molecule has 0 aliphatic carbocycles. The number of hydrogen-bond acceptors (Lipinski definition) is 6. The van der Waals surface area contributed by atoms with Crippen molar-refractivity contribution in [3.63, 3.8) is 0 Å². The van der Waals surface area contributed by atoms with Crippen molar-refractivity contribution in [2.24, 2.45) is 0 Å². The van der Waals surface area contributed by atoms with E-state index in [1.54, 1.807) is 23.6 Å². The minimum absolute atomic E-state index is 0.0210. The first-order valence-electron chi connectivity index (χ1n) is 8.02. The lowest BCUT2D eigenvalue weighted by Gasteiger charge is -2.07. The molecule has 0 radical (unpaired) electrons. The first kappa shape index (κ1) is 16.7. The molecule has 0 aliphatic heterocycles. The Morgan fingerprint density at radius 2 is 2.00 bits per heavy atom. The summed E-state index contributed by atoms with van der Waals surface area (Å²) in [5.74, 6) is -0.0210. The second-order valence-electron chi connectivity index (χ2n) is 5.56. The normalized spacial score (nSPS) is 10.9. The predicted octanol–water partition coefficient (Wildman–Crippen LogP) is 4.07. The quantitative estimate of drug-likeness (QED) is 0.545. The van der Waals surface area contributed by atoms with Crippen molar-refractivity contribution in [1.29, 1.82) is 0 Å². The van der Waals surface area contributed by atoms with Gasteiger partial charge in [-0.3, -0.25) is 4.79 Å². The molecule has 6 nitrogen and oxygen atoms in total. The van der Waals surface area contributed by atoms with Gasteiger partial charge in [-0.15, -0.1) is 10.2 Å². The Hall–Kier alpha value is -2.71. The number of fused-ring (bicyclic) bond motifs is 1. The summed E-state index contributed by atoms with van der Waals surface area (Å²) >= 11 is 3.06. The maximum Gasteiger partial charge on any atom is 0.226 e. The van der Waals surface area contributed by atoms with E-state index in [0.717, 1.165) is 26.0 Å². The van der Waals surface area contributed by atoms with E-state index >= 15 is 0 Å². The molecule has 0 aliphatic rings. The molecule has 4 rings (SSSR count). The number of carbonyl (C=O) groups is 1. The van der Waals surface area contributed by atoms with E-state index in [1.807, 2.05) is 53.1 Å². The van der Waals surface area contributed by atoms with Gasteiger partial charge in [-0.1, -0.05) is 35.2 Å². The molecule has 8 heteroatoms. The van der Waals surface area contributed by atoms with Crippen LogP contribution in [0.3, 0.4) is 0 Å². The zero-order valence-electron chi connectivity index (χ0n) is 13.7. The number of hydrogen-bond donors (Lipinski definition) is 1. The highest BCUT2D eigenvalue weighted by Crippen LogP contribution is 2.29. The zero-order chi connectivity index (χ0) is 17.8. The van der Waals surface area contributed by atoms with Crippen LogP contribution in [0.15, 0.2) is 69.6 Å². The van der Waals surface area contributed by atoms with E-state index in [0.29, 0.717) is 13.0 Å². The fourth-order valence-corrected chi connectivity index (χ4v) is 4.00. The van der Waals surface area contributed by atoms with Crippen molar-refractivity contribution < 1.29 is 4.79 Å². The highest BCUT2D eigenvalue weighted by molar-refractivity contribution is 8.01. The van der Waals surface area contributed by atoms with Gasteiger partial charge in [-0.25, -0.2) is 4.98 Å². The Labute approximate surface area is 158 Å². The number of aryl methyl sites for hydroxylation is 1. The minimum atomic E-state index is -0.0210. The number of nitrogens with zero attached hydrogens (tertiary/aromatic N) is 4. The average molecular weight is 381 g/mol. The molecule has 0 unspecified atom stereocenters. The van der Waals surface area contributed by atoms with Gasteiger partial charge in [-0.05, 0) is 36.4 Å². The molecule has 2 aromatic heterocycles. The number of para-hydroxylation sites is 2. The van der Waals surface area contributed by atoms with Crippen LogP contribution in [0.1, 0.15) is 6.42 Å². The van der Waals surface area contributed by atoms with Gasteiger partial charge in [0.1, 0.15) is 5.51 Å². The number of imidazole rings is 1. The van der Waals surface area contributed by atoms with Gasteiger partial charge >= 0.3 is 0 Å². The summed E-state index contributed by atoms with van der Waals surface area (Å²) in [5.41, 5.74) is 4.47. The van der Waals surface area contributed by atoms with Crippen LogP contribution < -0.4 is 5.32 Å². The molecule has 26 heavy (non-hydrogen) atoms. The molecule has 0 bridgehead atoms. The van der Waals surface area contributed by atoms with Crippen LogP contribution in [-0.2, 0) is 11.3 Å². The Morgan fingerprint density at radius 3 is 2.81 bits per heavy atom. The summed E-state index contributed by atoms with van der Waals surface area (Å²) in [6.45, 7) is 0.595. The van der Waals surface area contributed by atoms with Crippen molar-refractivity contribution in [2.45, 2.75) is 22.2 Å². The number of rotatable bonds is 6. The van der Waals surface area contributed by atoms with Gasteiger partial charge in [-0.2, -0.15) is 0 Å². The number of amides is 1. The second kappa shape index (κ2) is 7.67. The monoisotopic (exact) mass is 381 g/mol. The third-order valence-electron chi connectivity index (χ3n) is 3.79. The molecule has 130 valence electrons. The largest absolute Gasteiger partial charge is 0.330 e. The van der Waals surface area contributed by atoms with E-state index < -0.39 is 0 Å². The van der Waals surface area contributed by atoms with Gasteiger partial charge in [0.25, 0.3) is 0 Å². The number of nitrogens with one attached hydrogen (secondary N) is 1. The fraction of sp³-hybridized carbons (Fsp3) is 0.111. The molecular formula is C18H15N5OS2. The fourth-order valence-electron chi connectivity index (χ4n) is 2.55. The van der Waals surface area contributed by atoms with E-state index in [1.165, 1.54) is 11.3 Å². The Morgan fingerprint density at radius 1 is 1.15 bits per heavy atom. The predicted molar refractivity (Wildman–Crippen MR) is 103 cm³/mol. The molecule has 0 saturated carbocycles. The van der Waals surface area contributed by atoms with E-state index in [4.69, 9.17) is 0 Å². The molecule has 0 atom stereocenters. The average Bonchev–Trinajstić information content (AvgIpc) is 3.31. The second-order valence-corrected chi connectivity index (χ2v) is 7.71. The van der Waals surface area contributed by atoms with Crippen molar-refractivity contribution in [3.8, 4) is 0 Å². The summed E-state index contributed by atoms with van der Waals surface area (Å²) < 4.78 is 2.89. The number of aromatic nitrogens is 4. The van der Waals surface area contributed by atoms with Crippen molar-refractivity contribution in [2.75, 3.05) is 5.32 Å². The summed E-state index contributed by atoms with van der Waals surface area (Å²) in [6, 6.07) is 15.6. The molecule has 1 N–H and O–H groups in total. The van der Waals surface area contributed by atoms with Gasteiger partial charge in [0.15, 0.2) is 4.34 Å². The lowest BCUT2D eigenvalue weighted by Crippen LogP contribution is -2.14. The maximum absolute atomic E-state index is 12.2. The van der Waals surface area contributed by atoms with Crippen LogP contribution in [0.2, 0.25) is 0 Å². The maximum atomic E-state index is 12.2. The first-order chi connectivity index (χ1) is 12.8. The zero-order valence-corrected chi connectivity index (χ0v) is 15.3. The van der Waals surface area contributed by atoms with E-state index in [9.17, 15) is 4.79 Å². The summed E-state index contributed by atoms with van der Waals surface area (Å²) in [5, 5.41) is 10.8. The topological polar surface area (TPSA) is 72.7 Å². The third-order valence-corrected chi connectivity index (χ3v) is 5.58. The first-order valence-corrected chi connectivity index (χ1v) is 9.71. The molecule has 0 saturated heterocycles. The molecule has 0 fully saturated rings. The number of anilines is 1.